The van der Waals surface area contributed by atoms with E-state index >= 15 is 0 Å². The van der Waals surface area contributed by atoms with Gasteiger partial charge in [0, 0.05) is 32.4 Å². The van der Waals surface area contributed by atoms with Crippen LogP contribution in [0, 0.1) is 0 Å². The lowest BCUT2D eigenvalue weighted by molar-refractivity contribution is -0.132. The third-order valence-electron chi connectivity index (χ3n) is 2.25. The van der Waals surface area contributed by atoms with Crippen LogP contribution in [0.15, 0.2) is 12.2 Å². The van der Waals surface area contributed by atoms with Crippen molar-refractivity contribution in [1.82, 2.24) is 0 Å². The molecule has 0 rings (SSSR count). The lowest BCUT2D eigenvalue weighted by Gasteiger charge is -2.25. The normalized spacial score (nSPS) is 11.4. The summed E-state index contributed by atoms with van der Waals surface area (Å²) in [5.41, 5.74) is 0.201. The standard InChI is InChI=1S/C10H20O5Si/c1-5-15-16(13-3,14-4)8-6-7-9(2)10(11)12/h2,5-8H2,1,3-4H3,(H,11,12). The molecule has 6 heteroatoms. The largest absolute Gasteiger partial charge is 0.500 e. The summed E-state index contributed by atoms with van der Waals surface area (Å²) in [6.07, 6.45) is 1.06. The summed E-state index contributed by atoms with van der Waals surface area (Å²) in [6.45, 7) is 5.86. The molecule has 0 unspecified atom stereocenters. The van der Waals surface area contributed by atoms with E-state index in [0.29, 0.717) is 25.5 Å². The molecule has 0 amide bonds. The first-order valence-corrected chi connectivity index (χ1v) is 7.09. The van der Waals surface area contributed by atoms with Gasteiger partial charge in [-0.2, -0.15) is 0 Å². The van der Waals surface area contributed by atoms with Gasteiger partial charge in [0.25, 0.3) is 0 Å². The van der Waals surface area contributed by atoms with Crippen molar-refractivity contribution in [2.24, 2.45) is 0 Å². The fourth-order valence-electron chi connectivity index (χ4n) is 1.32. The Kier molecular flexibility index (Phi) is 7.23. The third-order valence-corrected chi connectivity index (χ3v) is 5.19. The van der Waals surface area contributed by atoms with Crippen LogP contribution in [0.25, 0.3) is 0 Å². The van der Waals surface area contributed by atoms with E-state index in [0.717, 1.165) is 0 Å². The molecule has 0 aromatic heterocycles. The average Bonchev–Trinajstić information content (AvgIpc) is 2.27. The van der Waals surface area contributed by atoms with E-state index in [9.17, 15) is 4.79 Å². The molecule has 1 N–H and O–H groups in total. The Morgan fingerprint density at radius 1 is 1.38 bits per heavy atom. The molecular formula is C10H20O5Si. The van der Waals surface area contributed by atoms with Gasteiger partial charge in [-0.1, -0.05) is 6.58 Å². The highest BCUT2D eigenvalue weighted by Gasteiger charge is 2.37. The number of aliphatic carboxylic acids is 1. The van der Waals surface area contributed by atoms with Gasteiger partial charge in [0.1, 0.15) is 0 Å². The van der Waals surface area contributed by atoms with E-state index in [1.165, 1.54) is 0 Å². The number of hydrogen-bond acceptors (Lipinski definition) is 4. The summed E-state index contributed by atoms with van der Waals surface area (Å²) in [5.74, 6) is -0.960. The van der Waals surface area contributed by atoms with Crippen molar-refractivity contribution >= 4 is 14.8 Å². The fourth-order valence-corrected chi connectivity index (χ4v) is 3.33. The minimum atomic E-state index is -2.58. The van der Waals surface area contributed by atoms with Crippen molar-refractivity contribution in [3.05, 3.63) is 12.2 Å². The summed E-state index contributed by atoms with van der Waals surface area (Å²) < 4.78 is 16.1. The maximum absolute atomic E-state index is 10.5. The van der Waals surface area contributed by atoms with Crippen LogP contribution in [0.5, 0.6) is 0 Å². The van der Waals surface area contributed by atoms with Crippen LogP contribution in [0.2, 0.25) is 6.04 Å². The highest BCUT2D eigenvalue weighted by atomic mass is 28.4. The predicted octanol–water partition coefficient (Wildman–Crippen LogP) is 1.68. The molecule has 0 saturated heterocycles. The van der Waals surface area contributed by atoms with E-state index in [-0.39, 0.29) is 5.57 Å². The minimum absolute atomic E-state index is 0.201. The van der Waals surface area contributed by atoms with Gasteiger partial charge in [-0.25, -0.2) is 4.79 Å². The van der Waals surface area contributed by atoms with E-state index < -0.39 is 14.8 Å². The number of carboxylic acids is 1. The highest BCUT2D eigenvalue weighted by molar-refractivity contribution is 6.60. The molecule has 0 spiro atoms. The third kappa shape index (κ3) is 4.89. The molecule has 0 saturated carbocycles. The Balaban J connectivity index is 4.12. The van der Waals surface area contributed by atoms with Crippen LogP contribution in [0.4, 0.5) is 0 Å². The lowest BCUT2D eigenvalue weighted by Crippen LogP contribution is -2.43. The molecule has 0 aromatic rings. The monoisotopic (exact) mass is 248 g/mol. The molecule has 16 heavy (non-hydrogen) atoms. The van der Waals surface area contributed by atoms with Crippen molar-refractivity contribution in [2.45, 2.75) is 25.8 Å². The summed E-state index contributed by atoms with van der Waals surface area (Å²) in [7, 11) is 0.527. The second-order valence-electron chi connectivity index (χ2n) is 3.29. The van der Waals surface area contributed by atoms with E-state index in [2.05, 4.69) is 6.58 Å². The molecule has 0 fully saturated rings. The fraction of sp³-hybridized carbons (Fsp3) is 0.700. The molecule has 0 aliphatic carbocycles. The Morgan fingerprint density at radius 2 is 1.94 bits per heavy atom. The van der Waals surface area contributed by atoms with Crippen LogP contribution in [0.3, 0.4) is 0 Å². The van der Waals surface area contributed by atoms with Crippen molar-refractivity contribution in [3.8, 4) is 0 Å². The zero-order valence-electron chi connectivity index (χ0n) is 10.1. The van der Waals surface area contributed by atoms with Gasteiger partial charge >= 0.3 is 14.8 Å². The first-order valence-electron chi connectivity index (χ1n) is 5.16. The Hall–Kier alpha value is -0.693. The number of hydrogen-bond donors (Lipinski definition) is 1. The Labute approximate surface area is 97.4 Å². The van der Waals surface area contributed by atoms with E-state index in [1.54, 1.807) is 14.2 Å². The molecule has 0 bridgehead atoms. The minimum Gasteiger partial charge on any atom is -0.478 e. The van der Waals surface area contributed by atoms with Crippen LogP contribution < -0.4 is 0 Å². The molecule has 0 aliphatic heterocycles. The van der Waals surface area contributed by atoms with Crippen LogP contribution in [-0.4, -0.2) is 40.7 Å². The second kappa shape index (κ2) is 7.56. The zero-order chi connectivity index (χ0) is 12.6. The molecule has 94 valence electrons. The summed E-state index contributed by atoms with van der Waals surface area (Å²) >= 11 is 0. The van der Waals surface area contributed by atoms with Gasteiger partial charge in [-0.3, -0.25) is 0 Å². The number of rotatable bonds is 9. The molecular weight excluding hydrogens is 228 g/mol. The van der Waals surface area contributed by atoms with E-state index in [4.69, 9.17) is 18.4 Å². The second-order valence-corrected chi connectivity index (χ2v) is 6.26. The quantitative estimate of drug-likeness (QED) is 0.497. The van der Waals surface area contributed by atoms with Crippen LogP contribution in [-0.2, 0) is 18.1 Å². The van der Waals surface area contributed by atoms with E-state index in [1.807, 2.05) is 6.92 Å². The Bertz CT molecular complexity index is 237. The van der Waals surface area contributed by atoms with Crippen molar-refractivity contribution in [3.63, 3.8) is 0 Å². The summed E-state index contributed by atoms with van der Waals surface area (Å²) in [5, 5.41) is 8.65. The van der Waals surface area contributed by atoms with Crippen molar-refractivity contribution in [2.75, 3.05) is 20.8 Å². The van der Waals surface area contributed by atoms with Crippen LogP contribution in [0.1, 0.15) is 19.8 Å². The van der Waals surface area contributed by atoms with Gasteiger partial charge < -0.3 is 18.4 Å². The summed E-state index contributed by atoms with van der Waals surface area (Å²) in [6, 6.07) is 0.597. The molecule has 0 aliphatic rings. The lowest BCUT2D eigenvalue weighted by atomic mass is 10.2. The SMILES string of the molecule is C=C(CCC[Si](OC)(OC)OCC)C(=O)O. The maximum Gasteiger partial charge on any atom is 0.500 e. The van der Waals surface area contributed by atoms with Gasteiger partial charge in [-0.05, 0) is 19.8 Å². The summed E-state index contributed by atoms with van der Waals surface area (Å²) in [4.78, 5) is 10.5. The molecule has 0 heterocycles. The first kappa shape index (κ1) is 15.3. The van der Waals surface area contributed by atoms with Crippen molar-refractivity contribution in [1.29, 1.82) is 0 Å². The molecule has 0 aromatic carbocycles. The Morgan fingerprint density at radius 3 is 2.31 bits per heavy atom. The number of carbonyl (C=O) groups is 1. The smallest absolute Gasteiger partial charge is 0.478 e. The van der Waals surface area contributed by atoms with Gasteiger partial charge in [-0.15, -0.1) is 0 Å². The molecule has 0 atom stereocenters. The molecule has 0 radical (unpaired) electrons. The van der Waals surface area contributed by atoms with Gasteiger partial charge in [0.15, 0.2) is 0 Å². The molecule has 5 nitrogen and oxygen atoms in total. The zero-order valence-corrected chi connectivity index (χ0v) is 11.1. The van der Waals surface area contributed by atoms with Gasteiger partial charge in [0.05, 0.1) is 0 Å². The maximum atomic E-state index is 10.5. The first-order chi connectivity index (χ1) is 7.51. The van der Waals surface area contributed by atoms with Crippen LogP contribution >= 0.6 is 0 Å². The van der Waals surface area contributed by atoms with Gasteiger partial charge in [0.2, 0.25) is 0 Å². The predicted molar refractivity (Wildman–Crippen MR) is 62.2 cm³/mol. The topological polar surface area (TPSA) is 65.0 Å². The number of carboxylic acid groups (broad SMARTS) is 1. The average molecular weight is 248 g/mol. The highest BCUT2D eigenvalue weighted by Crippen LogP contribution is 2.19. The van der Waals surface area contributed by atoms with Crippen molar-refractivity contribution < 1.29 is 23.2 Å².